The highest BCUT2D eigenvalue weighted by Gasteiger charge is 2.29. The van der Waals surface area contributed by atoms with Crippen LogP contribution in [0.25, 0.3) is 0 Å². The Morgan fingerprint density at radius 2 is 2.18 bits per heavy atom. The van der Waals surface area contributed by atoms with E-state index < -0.39 is 0 Å². The van der Waals surface area contributed by atoms with Crippen LogP contribution < -0.4 is 15.5 Å². The molecule has 2 aromatic rings. The molecule has 1 aromatic heterocycles. The van der Waals surface area contributed by atoms with Crippen molar-refractivity contribution in [3.05, 3.63) is 42.5 Å². The van der Waals surface area contributed by atoms with Crippen molar-refractivity contribution in [3.8, 4) is 0 Å². The van der Waals surface area contributed by atoms with E-state index in [1.54, 1.807) is 11.1 Å². The Morgan fingerprint density at radius 1 is 1.32 bits per heavy atom. The lowest BCUT2D eigenvalue weighted by Crippen LogP contribution is -2.49. The van der Waals surface area contributed by atoms with E-state index in [1.807, 2.05) is 42.1 Å². The van der Waals surface area contributed by atoms with E-state index in [0.717, 1.165) is 37.6 Å². The van der Waals surface area contributed by atoms with Crippen LogP contribution in [-0.4, -0.2) is 59.0 Å². The number of aromatic nitrogens is 2. The van der Waals surface area contributed by atoms with E-state index in [9.17, 15) is 9.59 Å². The number of benzene rings is 1. The zero-order valence-electron chi connectivity index (χ0n) is 16.1. The molecule has 0 aliphatic carbocycles. The number of rotatable bonds is 5. The summed E-state index contributed by atoms with van der Waals surface area (Å²) in [5.74, 6) is 0.974. The molecule has 2 N–H and O–H groups in total. The van der Waals surface area contributed by atoms with Crippen LogP contribution in [0.5, 0.6) is 0 Å². The normalized spacial score (nSPS) is 20.5. The maximum Gasteiger partial charge on any atom is 0.238 e. The van der Waals surface area contributed by atoms with Gasteiger partial charge < -0.3 is 20.1 Å². The summed E-state index contributed by atoms with van der Waals surface area (Å²) < 4.78 is 2.00. The van der Waals surface area contributed by atoms with E-state index in [2.05, 4.69) is 20.5 Å². The summed E-state index contributed by atoms with van der Waals surface area (Å²) in [4.78, 5) is 33.3. The van der Waals surface area contributed by atoms with E-state index in [4.69, 9.17) is 0 Å². The van der Waals surface area contributed by atoms with Crippen LogP contribution in [-0.2, 0) is 16.6 Å². The first-order valence-electron chi connectivity index (χ1n) is 9.74. The zero-order valence-corrected chi connectivity index (χ0v) is 16.1. The number of piperazine rings is 1. The van der Waals surface area contributed by atoms with E-state index >= 15 is 0 Å². The van der Waals surface area contributed by atoms with Gasteiger partial charge in [0, 0.05) is 52.0 Å². The van der Waals surface area contributed by atoms with Crippen molar-refractivity contribution in [2.75, 3.05) is 42.9 Å². The van der Waals surface area contributed by atoms with Gasteiger partial charge in [-0.15, -0.1) is 0 Å². The van der Waals surface area contributed by atoms with Crippen LogP contribution in [0.15, 0.2) is 36.7 Å². The molecule has 0 bridgehead atoms. The van der Waals surface area contributed by atoms with E-state index in [1.165, 1.54) is 0 Å². The van der Waals surface area contributed by atoms with Crippen molar-refractivity contribution in [2.24, 2.45) is 7.05 Å². The predicted octanol–water partition coefficient (Wildman–Crippen LogP) is 1.13. The summed E-state index contributed by atoms with van der Waals surface area (Å²) in [6, 6.07) is 7.56. The number of para-hydroxylation sites is 2. The molecule has 1 unspecified atom stereocenters. The third-order valence-corrected chi connectivity index (χ3v) is 5.40. The summed E-state index contributed by atoms with van der Waals surface area (Å²) >= 11 is 0. The second-order valence-corrected chi connectivity index (χ2v) is 7.30. The number of amides is 2. The second kappa shape index (κ2) is 8.12. The molecule has 1 aromatic carbocycles. The molecular weight excluding hydrogens is 356 g/mol. The van der Waals surface area contributed by atoms with Gasteiger partial charge in [-0.25, -0.2) is 4.98 Å². The minimum Gasteiger partial charge on any atom is -0.337 e. The fourth-order valence-corrected chi connectivity index (χ4v) is 3.98. The second-order valence-electron chi connectivity index (χ2n) is 7.30. The Labute approximate surface area is 164 Å². The molecule has 8 nitrogen and oxygen atoms in total. The molecule has 8 heteroatoms. The molecule has 0 radical (unpaired) electrons. The first-order chi connectivity index (χ1) is 13.6. The summed E-state index contributed by atoms with van der Waals surface area (Å²) in [7, 11) is 1.97. The quantitative estimate of drug-likeness (QED) is 0.810. The van der Waals surface area contributed by atoms with Crippen molar-refractivity contribution in [1.82, 2.24) is 19.8 Å². The molecule has 2 fully saturated rings. The first kappa shape index (κ1) is 18.6. The molecule has 0 spiro atoms. The van der Waals surface area contributed by atoms with Crippen LogP contribution in [0, 0.1) is 0 Å². The number of imidazole rings is 1. The Bertz CT molecular complexity index is 864. The molecule has 2 saturated heterocycles. The van der Waals surface area contributed by atoms with Crippen LogP contribution in [0.4, 0.5) is 11.4 Å². The lowest BCUT2D eigenvalue weighted by atomic mass is 10.1. The van der Waals surface area contributed by atoms with Crippen LogP contribution >= 0.6 is 0 Å². The monoisotopic (exact) mass is 382 g/mol. The lowest BCUT2D eigenvalue weighted by molar-refractivity contribution is -0.118. The smallest absolute Gasteiger partial charge is 0.238 e. The molecule has 1 atom stereocenters. The highest BCUT2D eigenvalue weighted by atomic mass is 16.2. The Kier molecular flexibility index (Phi) is 5.40. The van der Waals surface area contributed by atoms with Crippen molar-refractivity contribution in [1.29, 1.82) is 0 Å². The van der Waals surface area contributed by atoms with Crippen molar-refractivity contribution in [3.63, 3.8) is 0 Å². The number of carbonyl (C=O) groups excluding carboxylic acids is 2. The highest BCUT2D eigenvalue weighted by Crippen LogP contribution is 2.29. The van der Waals surface area contributed by atoms with Gasteiger partial charge in [0.15, 0.2) is 0 Å². The van der Waals surface area contributed by atoms with Gasteiger partial charge in [0.1, 0.15) is 5.82 Å². The standard InChI is InChI=1S/C20H26N6O2/c1-24-11-9-22-20(24)17-13-21-8-12-25(17)14-18(27)23-15-5-2-3-6-16(15)26-10-4-7-19(26)28/h2-3,5-6,9,11,17,21H,4,7-8,10,12-14H2,1H3,(H,23,27). The van der Waals surface area contributed by atoms with Gasteiger partial charge in [0.2, 0.25) is 11.8 Å². The third-order valence-electron chi connectivity index (χ3n) is 5.40. The molecule has 2 aliphatic heterocycles. The first-order valence-corrected chi connectivity index (χ1v) is 9.74. The maximum absolute atomic E-state index is 12.8. The molecular formula is C20H26N6O2. The fraction of sp³-hybridized carbons (Fsp3) is 0.450. The summed E-state index contributed by atoms with van der Waals surface area (Å²) in [5, 5.41) is 6.40. The zero-order chi connectivity index (χ0) is 19.5. The average molecular weight is 382 g/mol. The molecule has 2 aliphatic rings. The molecule has 0 saturated carbocycles. The number of anilines is 2. The number of aryl methyl sites for hydroxylation is 1. The Balaban J connectivity index is 1.47. The average Bonchev–Trinajstić information content (AvgIpc) is 3.31. The van der Waals surface area contributed by atoms with Gasteiger partial charge in [-0.1, -0.05) is 12.1 Å². The molecule has 3 heterocycles. The minimum absolute atomic E-state index is 0.0508. The molecule has 148 valence electrons. The molecule has 28 heavy (non-hydrogen) atoms. The van der Waals surface area contributed by atoms with Gasteiger partial charge in [-0.3, -0.25) is 14.5 Å². The van der Waals surface area contributed by atoms with Gasteiger partial charge in [-0.05, 0) is 18.6 Å². The summed E-state index contributed by atoms with van der Waals surface area (Å²) in [6.07, 6.45) is 5.12. The SMILES string of the molecule is Cn1ccnc1C1CNCCN1CC(=O)Nc1ccccc1N1CCCC1=O. The topological polar surface area (TPSA) is 82.5 Å². The van der Waals surface area contributed by atoms with Crippen LogP contribution in [0.2, 0.25) is 0 Å². The van der Waals surface area contributed by atoms with Crippen molar-refractivity contribution < 1.29 is 9.59 Å². The van der Waals surface area contributed by atoms with E-state index in [-0.39, 0.29) is 24.4 Å². The number of nitrogens with one attached hydrogen (secondary N) is 2. The summed E-state index contributed by atoms with van der Waals surface area (Å²) in [6.45, 7) is 3.35. The van der Waals surface area contributed by atoms with E-state index in [0.29, 0.717) is 18.7 Å². The van der Waals surface area contributed by atoms with Gasteiger partial charge in [0.05, 0.1) is 24.0 Å². The number of hydrogen-bond donors (Lipinski definition) is 2. The largest absolute Gasteiger partial charge is 0.337 e. The third kappa shape index (κ3) is 3.79. The maximum atomic E-state index is 12.8. The molecule has 2 amide bonds. The van der Waals surface area contributed by atoms with Crippen molar-refractivity contribution in [2.45, 2.75) is 18.9 Å². The number of hydrogen-bond acceptors (Lipinski definition) is 5. The predicted molar refractivity (Wildman–Crippen MR) is 107 cm³/mol. The van der Waals surface area contributed by atoms with Crippen LogP contribution in [0.3, 0.4) is 0 Å². The Morgan fingerprint density at radius 3 is 2.93 bits per heavy atom. The van der Waals surface area contributed by atoms with Gasteiger partial charge in [0.25, 0.3) is 0 Å². The van der Waals surface area contributed by atoms with Crippen LogP contribution in [0.1, 0.15) is 24.7 Å². The number of carbonyl (C=O) groups is 2. The summed E-state index contributed by atoms with van der Waals surface area (Å²) in [5.41, 5.74) is 1.46. The lowest BCUT2D eigenvalue weighted by Gasteiger charge is -2.35. The molecule has 4 rings (SSSR count). The Hall–Kier alpha value is -2.71. The fourth-order valence-electron chi connectivity index (χ4n) is 3.98. The number of nitrogens with zero attached hydrogens (tertiary/aromatic N) is 4. The minimum atomic E-state index is -0.0831. The van der Waals surface area contributed by atoms with Crippen molar-refractivity contribution >= 4 is 23.2 Å². The highest BCUT2D eigenvalue weighted by molar-refractivity contribution is 6.02. The van der Waals surface area contributed by atoms with Gasteiger partial charge >= 0.3 is 0 Å². The van der Waals surface area contributed by atoms with Gasteiger partial charge in [-0.2, -0.15) is 0 Å².